The number of aryl methyl sites for hydroxylation is 2. The summed E-state index contributed by atoms with van der Waals surface area (Å²) in [5.74, 6) is -0.200. The summed E-state index contributed by atoms with van der Waals surface area (Å²) < 4.78 is 13.2. The van der Waals surface area contributed by atoms with Crippen LogP contribution in [-0.4, -0.2) is 4.98 Å². The van der Waals surface area contributed by atoms with Crippen molar-refractivity contribution in [3.63, 3.8) is 0 Å². The number of hydrogen-bond acceptors (Lipinski definition) is 0. The van der Waals surface area contributed by atoms with Crippen LogP contribution >= 0.6 is 0 Å². The van der Waals surface area contributed by atoms with Gasteiger partial charge in [0, 0.05) is 16.6 Å². The van der Waals surface area contributed by atoms with Crippen molar-refractivity contribution in [2.45, 2.75) is 13.8 Å². The van der Waals surface area contributed by atoms with Crippen LogP contribution in [0, 0.1) is 19.7 Å². The number of H-pyrrole nitrogens is 1. The smallest absolute Gasteiger partial charge is 0.123 e. The van der Waals surface area contributed by atoms with Gasteiger partial charge in [0.2, 0.25) is 0 Å². The highest BCUT2D eigenvalue weighted by atomic mass is 19.1. The Balaban J connectivity index is 2.19. The van der Waals surface area contributed by atoms with E-state index >= 15 is 0 Å². The van der Waals surface area contributed by atoms with E-state index in [4.69, 9.17) is 0 Å². The minimum atomic E-state index is -0.200. The molecule has 18 heavy (non-hydrogen) atoms. The summed E-state index contributed by atoms with van der Waals surface area (Å²) >= 11 is 0. The molecule has 1 nitrogen and oxygen atoms in total. The van der Waals surface area contributed by atoms with Crippen molar-refractivity contribution in [1.82, 2.24) is 4.98 Å². The van der Waals surface area contributed by atoms with Gasteiger partial charge < -0.3 is 4.98 Å². The van der Waals surface area contributed by atoms with Gasteiger partial charge in [-0.15, -0.1) is 0 Å². The lowest BCUT2D eigenvalue weighted by molar-refractivity contribution is 0.630. The number of aromatic amines is 1. The van der Waals surface area contributed by atoms with Gasteiger partial charge in [0.1, 0.15) is 5.82 Å². The van der Waals surface area contributed by atoms with Crippen LogP contribution in [0.2, 0.25) is 0 Å². The Morgan fingerprint density at radius 2 is 1.61 bits per heavy atom. The highest BCUT2D eigenvalue weighted by Gasteiger charge is 2.05. The van der Waals surface area contributed by atoms with E-state index in [0.29, 0.717) is 0 Å². The van der Waals surface area contributed by atoms with Crippen molar-refractivity contribution in [2.75, 3.05) is 0 Å². The summed E-state index contributed by atoms with van der Waals surface area (Å²) in [6.45, 7) is 4.16. The maximum atomic E-state index is 13.2. The van der Waals surface area contributed by atoms with Crippen LogP contribution in [0.25, 0.3) is 22.2 Å². The number of hydrogen-bond donors (Lipinski definition) is 1. The second-order valence-electron chi connectivity index (χ2n) is 4.79. The number of nitrogens with one attached hydrogen (secondary N) is 1. The van der Waals surface area contributed by atoms with Gasteiger partial charge in [-0.25, -0.2) is 4.39 Å². The lowest BCUT2D eigenvalue weighted by atomic mass is 10.1. The van der Waals surface area contributed by atoms with Gasteiger partial charge in [-0.2, -0.15) is 0 Å². The molecule has 1 heterocycles. The van der Waals surface area contributed by atoms with E-state index in [1.165, 1.54) is 17.2 Å². The summed E-state index contributed by atoms with van der Waals surface area (Å²) in [7, 11) is 0. The molecule has 1 aromatic heterocycles. The van der Waals surface area contributed by atoms with Crippen LogP contribution in [0.15, 0.2) is 42.5 Å². The van der Waals surface area contributed by atoms with Crippen molar-refractivity contribution >= 4 is 10.9 Å². The van der Waals surface area contributed by atoms with E-state index in [1.807, 2.05) is 6.07 Å². The zero-order valence-corrected chi connectivity index (χ0v) is 10.4. The average molecular weight is 239 g/mol. The molecule has 0 fully saturated rings. The van der Waals surface area contributed by atoms with Gasteiger partial charge in [-0.3, -0.25) is 0 Å². The van der Waals surface area contributed by atoms with Crippen LogP contribution in [0.1, 0.15) is 11.1 Å². The third-order valence-electron chi connectivity index (χ3n) is 3.12. The van der Waals surface area contributed by atoms with Gasteiger partial charge in [-0.05, 0) is 55.8 Å². The molecule has 0 saturated carbocycles. The van der Waals surface area contributed by atoms with E-state index in [0.717, 1.165) is 22.2 Å². The quantitative estimate of drug-likeness (QED) is 0.639. The zero-order chi connectivity index (χ0) is 12.7. The molecule has 0 saturated heterocycles. The average Bonchev–Trinajstić information content (AvgIpc) is 2.70. The second-order valence-corrected chi connectivity index (χ2v) is 4.79. The first-order chi connectivity index (χ1) is 8.61. The molecule has 3 rings (SSSR count). The minimum Gasteiger partial charge on any atom is -0.355 e. The van der Waals surface area contributed by atoms with E-state index in [1.54, 1.807) is 12.1 Å². The molecule has 2 aromatic carbocycles. The van der Waals surface area contributed by atoms with E-state index < -0.39 is 0 Å². The molecule has 0 atom stereocenters. The largest absolute Gasteiger partial charge is 0.355 e. The monoisotopic (exact) mass is 239 g/mol. The fourth-order valence-electron chi connectivity index (χ4n) is 2.39. The number of aromatic nitrogens is 1. The van der Waals surface area contributed by atoms with E-state index in [9.17, 15) is 4.39 Å². The Kier molecular flexibility index (Phi) is 2.44. The van der Waals surface area contributed by atoms with Gasteiger partial charge in [0.25, 0.3) is 0 Å². The maximum Gasteiger partial charge on any atom is 0.123 e. The summed E-state index contributed by atoms with van der Waals surface area (Å²) in [4.78, 5) is 3.33. The molecule has 0 amide bonds. The Hall–Kier alpha value is -2.09. The Labute approximate surface area is 105 Å². The van der Waals surface area contributed by atoms with E-state index in [-0.39, 0.29) is 5.82 Å². The number of halogens is 1. The molecule has 0 aliphatic heterocycles. The molecule has 90 valence electrons. The van der Waals surface area contributed by atoms with E-state index in [2.05, 4.69) is 37.0 Å². The normalized spacial score (nSPS) is 11.1. The Bertz CT molecular complexity index is 705. The van der Waals surface area contributed by atoms with Crippen molar-refractivity contribution in [3.05, 3.63) is 59.4 Å². The van der Waals surface area contributed by atoms with Crippen LogP contribution in [0.3, 0.4) is 0 Å². The molecule has 0 unspecified atom stereocenters. The highest BCUT2D eigenvalue weighted by Crippen LogP contribution is 2.26. The van der Waals surface area contributed by atoms with Crippen molar-refractivity contribution in [2.24, 2.45) is 0 Å². The lowest BCUT2D eigenvalue weighted by Gasteiger charge is -2.02. The topological polar surface area (TPSA) is 15.8 Å². The second kappa shape index (κ2) is 3.98. The van der Waals surface area contributed by atoms with Crippen molar-refractivity contribution < 1.29 is 4.39 Å². The predicted octanol–water partition coefficient (Wildman–Crippen LogP) is 4.59. The SMILES string of the molecule is Cc1cc(C)cc(-c2cc3cc(F)ccc3[nH]2)c1. The van der Waals surface area contributed by atoms with Gasteiger partial charge >= 0.3 is 0 Å². The minimum absolute atomic E-state index is 0.200. The van der Waals surface area contributed by atoms with Crippen molar-refractivity contribution in [3.8, 4) is 11.3 Å². The molecule has 0 radical (unpaired) electrons. The Morgan fingerprint density at radius 3 is 2.33 bits per heavy atom. The maximum absolute atomic E-state index is 13.2. The van der Waals surface area contributed by atoms with Crippen LogP contribution < -0.4 is 0 Å². The molecule has 2 heteroatoms. The van der Waals surface area contributed by atoms with Crippen LogP contribution in [0.5, 0.6) is 0 Å². The third kappa shape index (κ3) is 1.90. The molecular weight excluding hydrogens is 225 g/mol. The fourth-order valence-corrected chi connectivity index (χ4v) is 2.39. The van der Waals surface area contributed by atoms with Gasteiger partial charge in [-0.1, -0.05) is 17.2 Å². The van der Waals surface area contributed by atoms with Gasteiger partial charge in [0.15, 0.2) is 0 Å². The number of rotatable bonds is 1. The Morgan fingerprint density at radius 1 is 0.889 bits per heavy atom. The highest BCUT2D eigenvalue weighted by molar-refractivity contribution is 5.86. The van der Waals surface area contributed by atoms with Crippen LogP contribution in [-0.2, 0) is 0 Å². The first-order valence-electron chi connectivity index (χ1n) is 5.99. The standard InChI is InChI=1S/C16H14FN/c1-10-5-11(2)7-12(6-10)16-9-13-8-14(17)3-4-15(13)18-16/h3-9,18H,1-2H3. The predicted molar refractivity (Wildman–Crippen MR) is 73.2 cm³/mol. The first kappa shape index (κ1) is 11.0. The number of fused-ring (bicyclic) bond motifs is 1. The molecular formula is C16H14FN. The summed E-state index contributed by atoms with van der Waals surface area (Å²) in [5.41, 5.74) is 5.60. The molecule has 1 N–H and O–H groups in total. The molecule has 0 aliphatic rings. The number of benzene rings is 2. The molecule has 3 aromatic rings. The van der Waals surface area contributed by atoms with Gasteiger partial charge in [0.05, 0.1) is 0 Å². The fraction of sp³-hybridized carbons (Fsp3) is 0.125. The molecule has 0 aliphatic carbocycles. The summed E-state index contributed by atoms with van der Waals surface area (Å²) in [6, 6.07) is 13.2. The van der Waals surface area contributed by atoms with Crippen LogP contribution in [0.4, 0.5) is 4.39 Å². The zero-order valence-electron chi connectivity index (χ0n) is 10.4. The summed E-state index contributed by atoms with van der Waals surface area (Å²) in [5, 5.41) is 0.907. The van der Waals surface area contributed by atoms with Crippen molar-refractivity contribution in [1.29, 1.82) is 0 Å². The third-order valence-corrected chi connectivity index (χ3v) is 3.12. The lowest BCUT2D eigenvalue weighted by Crippen LogP contribution is -1.82. The molecule has 0 spiro atoms. The first-order valence-corrected chi connectivity index (χ1v) is 5.99. The summed E-state index contributed by atoms with van der Waals surface area (Å²) in [6.07, 6.45) is 0. The molecule has 0 bridgehead atoms.